The molecule has 166 valence electrons. The van der Waals surface area contributed by atoms with Crippen LogP contribution in [-0.2, 0) is 4.79 Å². The number of hydrogen-bond acceptors (Lipinski definition) is 4. The van der Waals surface area contributed by atoms with Crippen LogP contribution in [0, 0.1) is 12.8 Å². The van der Waals surface area contributed by atoms with Crippen LogP contribution in [0.25, 0.3) is 0 Å². The van der Waals surface area contributed by atoms with Gasteiger partial charge in [0.25, 0.3) is 11.8 Å². The molecule has 0 bridgehead atoms. The number of aryl methyl sites for hydroxylation is 1. The Morgan fingerprint density at radius 3 is 2.42 bits per heavy atom. The molecule has 3 rings (SSSR count). The van der Waals surface area contributed by atoms with Crippen LogP contribution in [0.3, 0.4) is 0 Å². The van der Waals surface area contributed by atoms with E-state index in [4.69, 9.17) is 4.42 Å². The fourth-order valence-corrected chi connectivity index (χ4v) is 4.12. The van der Waals surface area contributed by atoms with Crippen LogP contribution in [0.2, 0.25) is 0 Å². The Labute approximate surface area is 183 Å². The number of rotatable bonds is 7. The summed E-state index contributed by atoms with van der Waals surface area (Å²) in [5, 5.41) is 3.00. The highest BCUT2D eigenvalue weighted by atomic mass is 16.3. The Bertz CT molecular complexity index is 897. The summed E-state index contributed by atoms with van der Waals surface area (Å²) in [6, 6.07) is 10.1. The number of amides is 3. The Morgan fingerprint density at radius 2 is 1.84 bits per heavy atom. The van der Waals surface area contributed by atoms with Crippen LogP contribution in [0.1, 0.15) is 53.2 Å². The molecular formula is C24H31N3O4. The lowest BCUT2D eigenvalue weighted by Crippen LogP contribution is -2.54. The number of likely N-dealkylation sites (N-methyl/N-ethyl adjacent to an activating group) is 1. The monoisotopic (exact) mass is 425 g/mol. The molecule has 0 aliphatic carbocycles. The van der Waals surface area contributed by atoms with Crippen molar-refractivity contribution in [1.29, 1.82) is 0 Å². The van der Waals surface area contributed by atoms with Crippen molar-refractivity contribution >= 4 is 17.7 Å². The van der Waals surface area contributed by atoms with E-state index in [9.17, 15) is 14.4 Å². The molecule has 7 heteroatoms. The lowest BCUT2D eigenvalue weighted by atomic mass is 9.88. The van der Waals surface area contributed by atoms with Crippen molar-refractivity contribution in [3.63, 3.8) is 0 Å². The number of carbonyl (C=O) groups is 3. The summed E-state index contributed by atoms with van der Waals surface area (Å²) >= 11 is 0. The molecule has 31 heavy (non-hydrogen) atoms. The number of furan rings is 1. The molecule has 1 fully saturated rings. The summed E-state index contributed by atoms with van der Waals surface area (Å²) in [7, 11) is 0. The Kier molecular flexibility index (Phi) is 7.50. The molecule has 7 nitrogen and oxygen atoms in total. The largest absolute Gasteiger partial charge is 0.459 e. The summed E-state index contributed by atoms with van der Waals surface area (Å²) in [5.41, 5.74) is 1.53. The van der Waals surface area contributed by atoms with Crippen molar-refractivity contribution in [2.24, 2.45) is 5.92 Å². The predicted octanol–water partition coefficient (Wildman–Crippen LogP) is 3.11. The van der Waals surface area contributed by atoms with Gasteiger partial charge in [-0.25, -0.2) is 0 Å². The van der Waals surface area contributed by atoms with Crippen LogP contribution >= 0.6 is 0 Å². The standard InChI is InChI=1S/C24H31N3O4/c1-4-26(5-2)24(30)21(25-22(28)19-9-6-8-17(3)16-19)18-11-13-27(14-12-18)23(29)20-10-7-15-31-20/h6-10,15-16,18,21H,4-5,11-14H2,1-3H3,(H,25,28). The minimum Gasteiger partial charge on any atom is -0.459 e. The maximum Gasteiger partial charge on any atom is 0.289 e. The van der Waals surface area contributed by atoms with Gasteiger partial charge in [-0.05, 0) is 63.8 Å². The first-order valence-corrected chi connectivity index (χ1v) is 10.9. The highest BCUT2D eigenvalue weighted by Crippen LogP contribution is 2.24. The Morgan fingerprint density at radius 1 is 1.13 bits per heavy atom. The fourth-order valence-electron chi connectivity index (χ4n) is 4.12. The number of likely N-dealkylation sites (tertiary alicyclic amines) is 1. The van der Waals surface area contributed by atoms with Gasteiger partial charge in [-0.1, -0.05) is 17.7 Å². The van der Waals surface area contributed by atoms with E-state index in [1.165, 1.54) is 6.26 Å². The molecule has 1 aromatic heterocycles. The van der Waals surface area contributed by atoms with E-state index < -0.39 is 6.04 Å². The molecule has 0 saturated carbocycles. The van der Waals surface area contributed by atoms with E-state index in [-0.39, 0.29) is 23.6 Å². The highest BCUT2D eigenvalue weighted by molar-refractivity contribution is 5.97. The van der Waals surface area contributed by atoms with Crippen LogP contribution in [-0.4, -0.2) is 59.7 Å². The SMILES string of the molecule is CCN(CC)C(=O)C(NC(=O)c1cccc(C)c1)C1CCN(C(=O)c2ccco2)CC1. The summed E-state index contributed by atoms with van der Waals surface area (Å²) in [4.78, 5) is 42.2. The molecule has 2 heterocycles. The molecule has 1 N–H and O–H groups in total. The smallest absolute Gasteiger partial charge is 0.289 e. The quantitative estimate of drug-likeness (QED) is 0.739. The molecule has 1 aliphatic heterocycles. The van der Waals surface area contributed by atoms with E-state index in [0.29, 0.717) is 50.3 Å². The molecule has 1 saturated heterocycles. The van der Waals surface area contributed by atoms with Crippen LogP contribution < -0.4 is 5.32 Å². The van der Waals surface area contributed by atoms with Gasteiger partial charge in [0.2, 0.25) is 5.91 Å². The Balaban J connectivity index is 1.73. The van der Waals surface area contributed by atoms with Gasteiger partial charge in [0.15, 0.2) is 5.76 Å². The second kappa shape index (κ2) is 10.3. The molecule has 2 aromatic rings. The number of nitrogens with one attached hydrogen (secondary N) is 1. The van der Waals surface area contributed by atoms with Gasteiger partial charge < -0.3 is 19.5 Å². The van der Waals surface area contributed by atoms with Gasteiger partial charge >= 0.3 is 0 Å². The average molecular weight is 426 g/mol. The van der Waals surface area contributed by atoms with Gasteiger partial charge in [-0.3, -0.25) is 14.4 Å². The van der Waals surface area contributed by atoms with Crippen molar-refractivity contribution in [3.8, 4) is 0 Å². The molecule has 0 radical (unpaired) electrons. The van der Waals surface area contributed by atoms with Crippen molar-refractivity contribution in [1.82, 2.24) is 15.1 Å². The van der Waals surface area contributed by atoms with Crippen LogP contribution in [0.5, 0.6) is 0 Å². The molecule has 0 spiro atoms. The van der Waals surface area contributed by atoms with Crippen LogP contribution in [0.4, 0.5) is 0 Å². The Hall–Kier alpha value is -3.09. The number of benzene rings is 1. The number of piperidine rings is 1. The zero-order chi connectivity index (χ0) is 22.4. The highest BCUT2D eigenvalue weighted by Gasteiger charge is 2.36. The number of hydrogen-bond donors (Lipinski definition) is 1. The minimum atomic E-state index is -0.617. The summed E-state index contributed by atoms with van der Waals surface area (Å²) in [5.74, 6) is -0.173. The van der Waals surface area contributed by atoms with E-state index >= 15 is 0 Å². The minimum absolute atomic E-state index is 0.0393. The summed E-state index contributed by atoms with van der Waals surface area (Å²) in [6.45, 7) is 8.01. The number of nitrogens with zero attached hydrogens (tertiary/aromatic N) is 2. The van der Waals surface area contributed by atoms with Gasteiger partial charge in [0.1, 0.15) is 6.04 Å². The first-order valence-electron chi connectivity index (χ1n) is 10.9. The average Bonchev–Trinajstić information content (AvgIpc) is 3.32. The number of carbonyl (C=O) groups excluding carboxylic acids is 3. The fraction of sp³-hybridized carbons (Fsp3) is 0.458. The van der Waals surface area contributed by atoms with Gasteiger partial charge in [0, 0.05) is 31.7 Å². The third kappa shape index (κ3) is 5.34. The predicted molar refractivity (Wildman–Crippen MR) is 118 cm³/mol. The third-order valence-electron chi connectivity index (χ3n) is 5.94. The van der Waals surface area contributed by atoms with E-state index in [1.54, 1.807) is 28.0 Å². The molecule has 1 unspecified atom stereocenters. The van der Waals surface area contributed by atoms with E-state index in [0.717, 1.165) is 5.56 Å². The first-order chi connectivity index (χ1) is 14.9. The van der Waals surface area contributed by atoms with Crippen molar-refractivity contribution < 1.29 is 18.8 Å². The first kappa shape index (κ1) is 22.6. The van der Waals surface area contributed by atoms with Gasteiger partial charge in [-0.2, -0.15) is 0 Å². The zero-order valence-electron chi connectivity index (χ0n) is 18.5. The normalized spacial score (nSPS) is 15.4. The van der Waals surface area contributed by atoms with Crippen LogP contribution in [0.15, 0.2) is 47.1 Å². The van der Waals surface area contributed by atoms with Gasteiger partial charge in [-0.15, -0.1) is 0 Å². The molecule has 1 atom stereocenters. The van der Waals surface area contributed by atoms with Gasteiger partial charge in [0.05, 0.1) is 6.26 Å². The van der Waals surface area contributed by atoms with Crippen molar-refractivity contribution in [3.05, 3.63) is 59.5 Å². The topological polar surface area (TPSA) is 82.9 Å². The van der Waals surface area contributed by atoms with E-state index in [2.05, 4.69) is 5.32 Å². The summed E-state index contributed by atoms with van der Waals surface area (Å²) in [6.07, 6.45) is 2.76. The van der Waals surface area contributed by atoms with E-state index in [1.807, 2.05) is 39.0 Å². The lowest BCUT2D eigenvalue weighted by molar-refractivity contribution is -0.134. The molecule has 1 aliphatic rings. The summed E-state index contributed by atoms with van der Waals surface area (Å²) < 4.78 is 5.22. The second-order valence-electron chi connectivity index (χ2n) is 7.94. The molecule has 3 amide bonds. The zero-order valence-corrected chi connectivity index (χ0v) is 18.5. The maximum atomic E-state index is 13.3. The third-order valence-corrected chi connectivity index (χ3v) is 5.94. The van der Waals surface area contributed by atoms with Crippen molar-refractivity contribution in [2.45, 2.75) is 39.7 Å². The molecule has 1 aromatic carbocycles. The lowest BCUT2D eigenvalue weighted by Gasteiger charge is -2.37. The maximum absolute atomic E-state index is 13.3. The van der Waals surface area contributed by atoms with Crippen molar-refractivity contribution in [2.75, 3.05) is 26.2 Å². The molecular weight excluding hydrogens is 394 g/mol. The second-order valence-corrected chi connectivity index (χ2v) is 7.94.